The minimum Gasteiger partial charge on any atom is -0.462 e. The lowest BCUT2D eigenvalue weighted by Gasteiger charge is -2.18. The van der Waals surface area contributed by atoms with Gasteiger partial charge in [0.05, 0.1) is 0 Å². The number of carbonyl (C=O) groups is 3. The molecule has 0 aromatic rings. The number of hydrogen-bond acceptors (Lipinski definition) is 6. The van der Waals surface area contributed by atoms with E-state index in [0.717, 1.165) is 96.3 Å². The van der Waals surface area contributed by atoms with E-state index < -0.39 is 6.10 Å². The van der Waals surface area contributed by atoms with Crippen LogP contribution in [0.25, 0.3) is 0 Å². The van der Waals surface area contributed by atoms with Crippen molar-refractivity contribution in [3.05, 3.63) is 48.6 Å². The van der Waals surface area contributed by atoms with E-state index in [2.05, 4.69) is 69.4 Å². The lowest BCUT2D eigenvalue weighted by atomic mass is 10.1. The van der Waals surface area contributed by atoms with Crippen molar-refractivity contribution in [3.8, 4) is 0 Å². The second kappa shape index (κ2) is 43.1. The van der Waals surface area contributed by atoms with E-state index in [1.54, 1.807) is 0 Å². The summed E-state index contributed by atoms with van der Waals surface area (Å²) < 4.78 is 16.7. The maximum absolute atomic E-state index is 12.7. The van der Waals surface area contributed by atoms with Crippen molar-refractivity contribution in [2.45, 2.75) is 226 Å². The summed E-state index contributed by atoms with van der Waals surface area (Å²) in [5, 5.41) is 0. The molecule has 0 fully saturated rings. The average Bonchev–Trinajstić information content (AvgIpc) is 3.17. The summed E-state index contributed by atoms with van der Waals surface area (Å²) in [5.41, 5.74) is 0. The Hall–Kier alpha value is -2.63. The topological polar surface area (TPSA) is 78.9 Å². The Kier molecular flexibility index (Phi) is 41.0. The third kappa shape index (κ3) is 40.6. The van der Waals surface area contributed by atoms with Crippen LogP contribution in [0.2, 0.25) is 0 Å². The second-order valence-electron chi connectivity index (χ2n) is 14.9. The maximum atomic E-state index is 12.7. The van der Waals surface area contributed by atoms with Gasteiger partial charge in [0, 0.05) is 19.3 Å². The van der Waals surface area contributed by atoms with Crippen molar-refractivity contribution in [1.82, 2.24) is 0 Å². The van der Waals surface area contributed by atoms with Gasteiger partial charge in [0.1, 0.15) is 13.2 Å². The molecule has 0 aliphatic heterocycles. The van der Waals surface area contributed by atoms with Gasteiger partial charge in [0.15, 0.2) is 6.10 Å². The number of esters is 3. The molecule has 0 N–H and O–H groups in total. The van der Waals surface area contributed by atoms with Gasteiger partial charge in [-0.15, -0.1) is 0 Å². The van der Waals surface area contributed by atoms with Gasteiger partial charge in [-0.2, -0.15) is 0 Å². The fourth-order valence-corrected chi connectivity index (χ4v) is 6.01. The van der Waals surface area contributed by atoms with Crippen molar-refractivity contribution in [2.24, 2.45) is 0 Å². The highest BCUT2D eigenvalue weighted by atomic mass is 16.6. The first kappa shape index (κ1) is 51.4. The molecular formula is C48H84O6. The molecule has 1 atom stereocenters. The van der Waals surface area contributed by atoms with Crippen LogP contribution in [0, 0.1) is 0 Å². The number of rotatable bonds is 40. The Labute approximate surface area is 333 Å². The summed E-state index contributed by atoms with van der Waals surface area (Å²) in [6, 6.07) is 0. The van der Waals surface area contributed by atoms with Crippen LogP contribution in [-0.2, 0) is 28.6 Å². The van der Waals surface area contributed by atoms with Gasteiger partial charge >= 0.3 is 17.9 Å². The summed E-state index contributed by atoms with van der Waals surface area (Å²) >= 11 is 0. The van der Waals surface area contributed by atoms with Crippen LogP contribution in [0.1, 0.15) is 220 Å². The number of ether oxygens (including phenoxy) is 3. The van der Waals surface area contributed by atoms with Gasteiger partial charge < -0.3 is 14.2 Å². The van der Waals surface area contributed by atoms with Gasteiger partial charge in [-0.05, 0) is 83.5 Å². The highest BCUT2D eigenvalue weighted by Gasteiger charge is 2.19. The van der Waals surface area contributed by atoms with Crippen LogP contribution in [0.4, 0.5) is 0 Å². The molecule has 0 saturated heterocycles. The van der Waals surface area contributed by atoms with E-state index in [0.29, 0.717) is 19.3 Å². The summed E-state index contributed by atoms with van der Waals surface area (Å²) in [7, 11) is 0. The predicted octanol–water partition coefficient (Wildman–Crippen LogP) is 14.4. The molecular weight excluding hydrogens is 673 g/mol. The molecule has 0 aliphatic carbocycles. The van der Waals surface area contributed by atoms with Gasteiger partial charge in [-0.25, -0.2) is 0 Å². The number of allylic oxidation sites excluding steroid dienone is 8. The van der Waals surface area contributed by atoms with Crippen molar-refractivity contribution >= 4 is 17.9 Å². The van der Waals surface area contributed by atoms with Gasteiger partial charge in [-0.3, -0.25) is 14.4 Å². The molecule has 0 spiro atoms. The van der Waals surface area contributed by atoms with Crippen LogP contribution in [0.15, 0.2) is 48.6 Å². The molecule has 0 aromatic heterocycles. The first-order chi connectivity index (χ1) is 26.5. The third-order valence-electron chi connectivity index (χ3n) is 9.53. The van der Waals surface area contributed by atoms with Crippen molar-refractivity contribution < 1.29 is 28.6 Å². The molecule has 0 amide bonds. The summed E-state index contributed by atoms with van der Waals surface area (Å²) in [5.74, 6) is -0.922. The Morgan fingerprint density at radius 3 is 1.04 bits per heavy atom. The Balaban J connectivity index is 4.41. The SMILES string of the molecule is CCCC/C=C\C/C=C\CCCCCCCC(=O)OCC(COC(=O)CCCCCCC/C=C\CCCC)OC(=O)CCCCCCC/C=C\CCCC. The van der Waals surface area contributed by atoms with Gasteiger partial charge in [-0.1, -0.05) is 166 Å². The van der Waals surface area contributed by atoms with Crippen LogP contribution >= 0.6 is 0 Å². The normalized spacial score (nSPS) is 12.4. The van der Waals surface area contributed by atoms with Crippen LogP contribution in [0.3, 0.4) is 0 Å². The smallest absolute Gasteiger partial charge is 0.306 e. The average molecular weight is 757 g/mol. The zero-order valence-electron chi connectivity index (χ0n) is 35.5. The second-order valence-corrected chi connectivity index (χ2v) is 14.9. The van der Waals surface area contributed by atoms with E-state index in [1.807, 2.05) is 0 Å². The van der Waals surface area contributed by atoms with Crippen LogP contribution in [0.5, 0.6) is 0 Å². The predicted molar refractivity (Wildman–Crippen MR) is 229 cm³/mol. The van der Waals surface area contributed by atoms with E-state index in [-0.39, 0.29) is 31.1 Å². The highest BCUT2D eigenvalue weighted by molar-refractivity contribution is 5.71. The maximum Gasteiger partial charge on any atom is 0.306 e. The standard InChI is InChI=1S/C48H84O6/c1-4-7-10-13-16-19-22-23-24-27-29-32-35-38-41-47(50)53-44-45(54-48(51)42-39-36-33-30-26-21-18-15-12-9-6-3)43-52-46(49)40-37-34-31-28-25-20-17-14-11-8-5-2/h13-18,22-23,45H,4-12,19-21,24-44H2,1-3H3/b16-13-,17-14-,18-15-,23-22-. The summed E-state index contributed by atoms with van der Waals surface area (Å²) in [6.07, 6.45) is 49.4. The van der Waals surface area contributed by atoms with Gasteiger partial charge in [0.2, 0.25) is 0 Å². The summed E-state index contributed by atoms with van der Waals surface area (Å²) in [4.78, 5) is 37.7. The van der Waals surface area contributed by atoms with Crippen LogP contribution < -0.4 is 0 Å². The molecule has 0 heterocycles. The number of unbranched alkanes of at least 4 members (excludes halogenated alkanes) is 21. The largest absolute Gasteiger partial charge is 0.462 e. The zero-order valence-corrected chi connectivity index (χ0v) is 35.5. The van der Waals surface area contributed by atoms with E-state index in [9.17, 15) is 14.4 Å². The minimum absolute atomic E-state index is 0.0857. The molecule has 54 heavy (non-hydrogen) atoms. The number of carbonyl (C=O) groups excluding carboxylic acids is 3. The third-order valence-corrected chi connectivity index (χ3v) is 9.53. The van der Waals surface area contributed by atoms with Crippen molar-refractivity contribution in [3.63, 3.8) is 0 Å². The molecule has 0 aromatic carbocycles. The quantitative estimate of drug-likeness (QED) is 0.0268. The molecule has 0 rings (SSSR count). The van der Waals surface area contributed by atoms with Crippen LogP contribution in [-0.4, -0.2) is 37.2 Å². The fourth-order valence-electron chi connectivity index (χ4n) is 6.01. The van der Waals surface area contributed by atoms with Crippen molar-refractivity contribution in [2.75, 3.05) is 13.2 Å². The molecule has 0 bridgehead atoms. The lowest BCUT2D eigenvalue weighted by molar-refractivity contribution is -0.167. The summed E-state index contributed by atoms with van der Waals surface area (Å²) in [6.45, 7) is 6.48. The monoisotopic (exact) mass is 757 g/mol. The molecule has 1 unspecified atom stereocenters. The zero-order chi connectivity index (χ0) is 39.4. The fraction of sp³-hybridized carbons (Fsp3) is 0.771. The Morgan fingerprint density at radius 2 is 0.667 bits per heavy atom. The molecule has 6 heteroatoms. The minimum atomic E-state index is -0.782. The first-order valence-electron chi connectivity index (χ1n) is 22.6. The Morgan fingerprint density at radius 1 is 0.370 bits per heavy atom. The Bertz CT molecular complexity index is 964. The molecule has 0 saturated carbocycles. The van der Waals surface area contributed by atoms with Crippen molar-refractivity contribution in [1.29, 1.82) is 0 Å². The van der Waals surface area contributed by atoms with E-state index in [1.165, 1.54) is 83.5 Å². The first-order valence-corrected chi connectivity index (χ1v) is 22.6. The molecule has 0 aliphatic rings. The van der Waals surface area contributed by atoms with E-state index >= 15 is 0 Å². The number of hydrogen-bond donors (Lipinski definition) is 0. The molecule has 312 valence electrons. The highest BCUT2D eigenvalue weighted by Crippen LogP contribution is 2.13. The molecule has 0 radical (unpaired) electrons. The van der Waals surface area contributed by atoms with E-state index in [4.69, 9.17) is 14.2 Å². The van der Waals surface area contributed by atoms with Gasteiger partial charge in [0.25, 0.3) is 0 Å². The molecule has 6 nitrogen and oxygen atoms in total. The lowest BCUT2D eigenvalue weighted by Crippen LogP contribution is -2.30.